The van der Waals surface area contributed by atoms with Gasteiger partial charge < -0.3 is 0 Å². The highest BCUT2D eigenvalue weighted by molar-refractivity contribution is 7.99. The van der Waals surface area contributed by atoms with Gasteiger partial charge in [0.25, 0.3) is 5.56 Å². The van der Waals surface area contributed by atoms with Crippen molar-refractivity contribution in [3.63, 3.8) is 0 Å². The Labute approximate surface area is 90.4 Å². The molecular weight excluding hydrogens is 210 g/mol. The Hall–Kier alpha value is -1.36. The summed E-state index contributed by atoms with van der Waals surface area (Å²) < 4.78 is 1.76. The molecule has 0 N–H and O–H groups in total. The van der Waals surface area contributed by atoms with Gasteiger partial charge in [0.15, 0.2) is 10.8 Å². The van der Waals surface area contributed by atoms with Gasteiger partial charge >= 0.3 is 0 Å². The van der Waals surface area contributed by atoms with Gasteiger partial charge in [-0.25, -0.2) is 9.97 Å². The Bertz CT molecular complexity index is 593. The van der Waals surface area contributed by atoms with Crippen molar-refractivity contribution < 1.29 is 0 Å². The average molecular weight is 219 g/mol. The molecule has 1 unspecified atom stereocenters. The Kier molecular flexibility index (Phi) is 1.82. The molecule has 15 heavy (non-hydrogen) atoms. The molecular formula is C10H9N3OS. The summed E-state index contributed by atoms with van der Waals surface area (Å²) in [6.45, 7) is 2.04. The van der Waals surface area contributed by atoms with Crippen LogP contribution in [0.4, 0.5) is 0 Å². The number of hydrogen-bond acceptors (Lipinski definition) is 4. The van der Waals surface area contributed by atoms with E-state index in [2.05, 4.69) is 9.97 Å². The summed E-state index contributed by atoms with van der Waals surface area (Å²) >= 11 is 1.62. The van der Waals surface area contributed by atoms with Crippen LogP contribution in [-0.2, 0) is 0 Å². The SMILES string of the molecule is CC1CSc2nc3ncccc3c(=O)n21. The van der Waals surface area contributed by atoms with Crippen molar-refractivity contribution in [1.29, 1.82) is 0 Å². The van der Waals surface area contributed by atoms with Gasteiger partial charge in [-0.05, 0) is 19.1 Å². The monoisotopic (exact) mass is 219 g/mol. The summed E-state index contributed by atoms with van der Waals surface area (Å²) in [4.78, 5) is 20.6. The fraction of sp³-hybridized carbons (Fsp3) is 0.300. The Morgan fingerprint density at radius 2 is 2.47 bits per heavy atom. The van der Waals surface area contributed by atoms with Gasteiger partial charge in [0.2, 0.25) is 0 Å². The zero-order valence-corrected chi connectivity index (χ0v) is 8.99. The Morgan fingerprint density at radius 1 is 1.60 bits per heavy atom. The van der Waals surface area contributed by atoms with E-state index in [0.717, 1.165) is 10.9 Å². The Balaban J connectivity index is 2.47. The number of rotatable bonds is 0. The minimum absolute atomic E-state index is 0.0283. The molecule has 5 heteroatoms. The maximum atomic E-state index is 12.1. The molecule has 3 rings (SSSR count). The molecule has 0 spiro atoms. The third-order valence-electron chi connectivity index (χ3n) is 2.54. The topological polar surface area (TPSA) is 47.8 Å². The maximum absolute atomic E-state index is 12.1. The molecule has 0 saturated heterocycles. The molecule has 0 fully saturated rings. The first kappa shape index (κ1) is 8.91. The normalized spacial score (nSPS) is 19.4. The first-order valence-electron chi connectivity index (χ1n) is 4.77. The van der Waals surface area contributed by atoms with Gasteiger partial charge in [-0.1, -0.05) is 11.8 Å². The molecule has 0 saturated carbocycles. The first-order chi connectivity index (χ1) is 7.27. The number of aromatic nitrogens is 3. The number of hydrogen-bond donors (Lipinski definition) is 0. The zero-order valence-electron chi connectivity index (χ0n) is 8.17. The predicted molar refractivity (Wildman–Crippen MR) is 59.2 cm³/mol. The lowest BCUT2D eigenvalue weighted by Gasteiger charge is -2.07. The van der Waals surface area contributed by atoms with Crippen molar-refractivity contribution in [1.82, 2.24) is 14.5 Å². The molecule has 2 aromatic rings. The molecule has 1 aliphatic heterocycles. The third kappa shape index (κ3) is 1.19. The van der Waals surface area contributed by atoms with Crippen molar-refractivity contribution in [2.24, 2.45) is 0 Å². The van der Waals surface area contributed by atoms with Gasteiger partial charge in [0.1, 0.15) is 0 Å². The van der Waals surface area contributed by atoms with Gasteiger partial charge in [-0.15, -0.1) is 0 Å². The Morgan fingerprint density at radius 3 is 3.33 bits per heavy atom. The van der Waals surface area contributed by atoms with E-state index in [9.17, 15) is 4.79 Å². The van der Waals surface area contributed by atoms with Crippen LogP contribution < -0.4 is 5.56 Å². The predicted octanol–water partition coefficient (Wildman–Crippen LogP) is 1.46. The second-order valence-corrected chi connectivity index (χ2v) is 4.59. The highest BCUT2D eigenvalue weighted by atomic mass is 32.2. The molecule has 2 aromatic heterocycles. The quantitative estimate of drug-likeness (QED) is 0.629. The lowest BCUT2D eigenvalue weighted by molar-refractivity contribution is 0.550. The first-order valence-corrected chi connectivity index (χ1v) is 5.76. The van der Waals surface area contributed by atoms with Crippen LogP contribution in [0.15, 0.2) is 28.3 Å². The van der Waals surface area contributed by atoms with E-state index >= 15 is 0 Å². The highest BCUT2D eigenvalue weighted by Gasteiger charge is 2.22. The molecule has 0 amide bonds. The molecule has 1 atom stereocenters. The van der Waals surface area contributed by atoms with E-state index in [1.165, 1.54) is 0 Å². The summed E-state index contributed by atoms with van der Waals surface area (Å²) in [5, 5.41) is 1.40. The molecule has 0 bridgehead atoms. The van der Waals surface area contributed by atoms with Crippen molar-refractivity contribution >= 4 is 22.8 Å². The number of pyridine rings is 1. The van der Waals surface area contributed by atoms with Crippen LogP contribution in [-0.4, -0.2) is 20.3 Å². The van der Waals surface area contributed by atoms with Crippen LogP contribution in [0.5, 0.6) is 0 Å². The second-order valence-electron chi connectivity index (χ2n) is 3.60. The van der Waals surface area contributed by atoms with Crippen LogP contribution in [0.1, 0.15) is 13.0 Å². The summed E-state index contributed by atoms with van der Waals surface area (Å²) in [5.41, 5.74) is 0.580. The van der Waals surface area contributed by atoms with Gasteiger partial charge in [0, 0.05) is 18.0 Å². The van der Waals surface area contributed by atoms with Crippen LogP contribution in [0.3, 0.4) is 0 Å². The maximum Gasteiger partial charge on any atom is 0.263 e. The van der Waals surface area contributed by atoms with E-state index in [1.54, 1.807) is 34.7 Å². The van der Waals surface area contributed by atoms with Gasteiger partial charge in [0.05, 0.1) is 5.39 Å². The standard InChI is InChI=1S/C10H9N3OS/c1-6-5-15-10-12-8-7(3-2-4-11-8)9(14)13(6)10/h2-4,6H,5H2,1H3. The van der Waals surface area contributed by atoms with Crippen molar-refractivity contribution in [3.8, 4) is 0 Å². The third-order valence-corrected chi connectivity index (χ3v) is 3.73. The van der Waals surface area contributed by atoms with E-state index in [1.807, 2.05) is 6.92 Å². The second kappa shape index (κ2) is 3.06. The fourth-order valence-electron chi connectivity index (χ4n) is 1.77. The summed E-state index contributed by atoms with van der Waals surface area (Å²) in [6.07, 6.45) is 1.66. The molecule has 4 nitrogen and oxygen atoms in total. The lowest BCUT2D eigenvalue weighted by atomic mass is 10.3. The summed E-state index contributed by atoms with van der Waals surface area (Å²) in [6, 6.07) is 3.78. The molecule has 76 valence electrons. The van der Waals surface area contributed by atoms with Crippen LogP contribution in [0.2, 0.25) is 0 Å². The zero-order chi connectivity index (χ0) is 10.4. The highest BCUT2D eigenvalue weighted by Crippen LogP contribution is 2.29. The van der Waals surface area contributed by atoms with E-state index in [0.29, 0.717) is 11.0 Å². The molecule has 1 aliphatic rings. The summed E-state index contributed by atoms with van der Waals surface area (Å²) in [5.74, 6) is 0.915. The van der Waals surface area contributed by atoms with Crippen molar-refractivity contribution in [3.05, 3.63) is 28.7 Å². The van der Waals surface area contributed by atoms with E-state index in [-0.39, 0.29) is 11.6 Å². The van der Waals surface area contributed by atoms with Gasteiger partial charge in [-0.2, -0.15) is 0 Å². The van der Waals surface area contributed by atoms with Crippen LogP contribution in [0, 0.1) is 0 Å². The lowest BCUT2D eigenvalue weighted by Crippen LogP contribution is -2.23. The fourth-order valence-corrected chi connectivity index (χ4v) is 2.87. The number of nitrogens with zero attached hydrogens (tertiary/aromatic N) is 3. The number of fused-ring (bicyclic) bond motifs is 2. The minimum atomic E-state index is 0.0283. The molecule has 3 heterocycles. The average Bonchev–Trinajstić information content (AvgIpc) is 2.61. The largest absolute Gasteiger partial charge is 0.283 e. The minimum Gasteiger partial charge on any atom is -0.283 e. The van der Waals surface area contributed by atoms with Gasteiger partial charge in [-0.3, -0.25) is 9.36 Å². The number of thioether (sulfide) groups is 1. The van der Waals surface area contributed by atoms with Crippen molar-refractivity contribution in [2.45, 2.75) is 18.1 Å². The van der Waals surface area contributed by atoms with Crippen molar-refractivity contribution in [2.75, 3.05) is 5.75 Å². The smallest absolute Gasteiger partial charge is 0.263 e. The summed E-state index contributed by atoms with van der Waals surface area (Å²) in [7, 11) is 0. The van der Waals surface area contributed by atoms with E-state index < -0.39 is 0 Å². The van der Waals surface area contributed by atoms with E-state index in [4.69, 9.17) is 0 Å². The molecule has 0 radical (unpaired) electrons. The van der Waals surface area contributed by atoms with Crippen LogP contribution >= 0.6 is 11.8 Å². The van der Waals surface area contributed by atoms with Crippen LogP contribution in [0.25, 0.3) is 11.0 Å². The molecule has 0 aromatic carbocycles. The molecule has 0 aliphatic carbocycles.